The van der Waals surface area contributed by atoms with Gasteiger partial charge >= 0.3 is 5.69 Å². The molecule has 0 saturated carbocycles. The lowest BCUT2D eigenvalue weighted by Crippen LogP contribution is -2.34. The van der Waals surface area contributed by atoms with Crippen molar-refractivity contribution in [2.24, 2.45) is 0 Å². The summed E-state index contributed by atoms with van der Waals surface area (Å²) < 4.78 is 0.656. The average Bonchev–Trinajstić information content (AvgIpc) is 3.05. The van der Waals surface area contributed by atoms with Gasteiger partial charge in [-0.2, -0.15) is 4.98 Å². The van der Waals surface area contributed by atoms with Crippen molar-refractivity contribution in [2.45, 2.75) is 6.42 Å². The quantitative estimate of drug-likeness (QED) is 0.348. The Balaban J connectivity index is 1.42. The molecule has 0 radical (unpaired) electrons. The normalized spacial score (nSPS) is 14.7. The van der Waals surface area contributed by atoms with E-state index in [4.69, 9.17) is 0 Å². The zero-order valence-corrected chi connectivity index (χ0v) is 19.1. The zero-order valence-electron chi connectivity index (χ0n) is 19.1. The fourth-order valence-corrected chi connectivity index (χ4v) is 4.20. The number of phenolic OH excluding ortho intramolecular Hbond substituents is 2. The SMILES string of the molecule is CN1CCCN(c2ccc(Nc3ncc4c(=O)n(-c5c(O)cccc5O)c(=O)[nH]c4n3)cc2)CC1. The molecule has 0 spiro atoms. The largest absolute Gasteiger partial charge is 0.506 e. The number of hydrogen-bond acceptors (Lipinski definition) is 9. The second-order valence-corrected chi connectivity index (χ2v) is 8.49. The van der Waals surface area contributed by atoms with E-state index in [1.807, 2.05) is 24.3 Å². The topological polar surface area (TPSA) is 140 Å². The maximum Gasteiger partial charge on any atom is 0.334 e. The van der Waals surface area contributed by atoms with Crippen LogP contribution in [0.25, 0.3) is 16.7 Å². The summed E-state index contributed by atoms with van der Waals surface area (Å²) in [5.74, 6) is -0.613. The summed E-state index contributed by atoms with van der Waals surface area (Å²) in [5, 5.41) is 23.3. The minimum Gasteiger partial charge on any atom is -0.506 e. The van der Waals surface area contributed by atoms with Crippen molar-refractivity contribution in [1.82, 2.24) is 24.4 Å². The number of nitrogens with zero attached hydrogens (tertiary/aromatic N) is 5. The first-order valence-corrected chi connectivity index (χ1v) is 11.2. The summed E-state index contributed by atoms with van der Waals surface area (Å²) in [6.45, 7) is 4.10. The fourth-order valence-electron chi connectivity index (χ4n) is 4.20. The smallest absolute Gasteiger partial charge is 0.334 e. The van der Waals surface area contributed by atoms with Gasteiger partial charge in [-0.1, -0.05) is 6.07 Å². The predicted octanol–water partition coefficient (Wildman–Crippen LogP) is 1.77. The number of aromatic nitrogens is 4. The highest BCUT2D eigenvalue weighted by molar-refractivity contribution is 5.75. The zero-order chi connectivity index (χ0) is 24.5. The van der Waals surface area contributed by atoms with Gasteiger partial charge in [0.05, 0.1) is 0 Å². The number of phenols is 2. The van der Waals surface area contributed by atoms with Crippen molar-refractivity contribution in [3.8, 4) is 17.2 Å². The van der Waals surface area contributed by atoms with E-state index < -0.39 is 22.7 Å². The number of hydrogen-bond donors (Lipinski definition) is 4. The number of para-hydroxylation sites is 1. The van der Waals surface area contributed by atoms with Crippen LogP contribution < -0.4 is 21.5 Å². The number of aromatic hydroxyl groups is 2. The molecule has 2 aromatic carbocycles. The average molecular weight is 476 g/mol. The Kier molecular flexibility index (Phi) is 5.83. The molecule has 0 atom stereocenters. The first kappa shape index (κ1) is 22.4. The molecule has 1 aliphatic rings. The van der Waals surface area contributed by atoms with E-state index in [9.17, 15) is 19.8 Å². The Morgan fingerprint density at radius 3 is 2.46 bits per heavy atom. The molecule has 4 N–H and O–H groups in total. The molecule has 11 heteroatoms. The lowest BCUT2D eigenvalue weighted by Gasteiger charge is -2.23. The molecule has 0 amide bonds. The summed E-state index contributed by atoms with van der Waals surface area (Å²) in [6.07, 6.45) is 2.41. The monoisotopic (exact) mass is 475 g/mol. The molecule has 35 heavy (non-hydrogen) atoms. The summed E-state index contributed by atoms with van der Waals surface area (Å²) >= 11 is 0. The molecule has 0 bridgehead atoms. The van der Waals surface area contributed by atoms with Crippen LogP contribution >= 0.6 is 0 Å². The van der Waals surface area contributed by atoms with Gasteiger partial charge in [0.25, 0.3) is 5.56 Å². The van der Waals surface area contributed by atoms with Gasteiger partial charge in [0.1, 0.15) is 22.6 Å². The highest BCUT2D eigenvalue weighted by Gasteiger charge is 2.18. The lowest BCUT2D eigenvalue weighted by atomic mass is 10.2. The van der Waals surface area contributed by atoms with Crippen LogP contribution in [0.4, 0.5) is 17.3 Å². The fraction of sp³-hybridized carbons (Fsp3) is 0.250. The van der Waals surface area contributed by atoms with Crippen LogP contribution in [-0.2, 0) is 0 Å². The Hall–Kier alpha value is -4.38. The molecule has 3 heterocycles. The van der Waals surface area contributed by atoms with Crippen LogP contribution in [0.5, 0.6) is 11.5 Å². The van der Waals surface area contributed by atoms with Crippen molar-refractivity contribution in [1.29, 1.82) is 0 Å². The molecule has 11 nitrogen and oxygen atoms in total. The van der Waals surface area contributed by atoms with Crippen molar-refractivity contribution in [2.75, 3.05) is 43.4 Å². The summed E-state index contributed by atoms with van der Waals surface area (Å²) in [5.41, 5.74) is 0.0151. The van der Waals surface area contributed by atoms with Crippen molar-refractivity contribution < 1.29 is 10.2 Å². The van der Waals surface area contributed by atoms with Gasteiger partial charge < -0.3 is 25.3 Å². The summed E-state index contributed by atoms with van der Waals surface area (Å²) in [4.78, 5) is 41.3. The first-order valence-electron chi connectivity index (χ1n) is 11.2. The van der Waals surface area contributed by atoms with Crippen molar-refractivity contribution >= 4 is 28.4 Å². The molecule has 5 rings (SSSR count). The standard InChI is InChI=1S/C24H25N7O4/c1-29-10-3-11-30(13-12-29)16-8-6-15(7-9-16)26-23-25-14-17-21(27-23)28-24(35)31(22(17)34)20-18(32)4-2-5-19(20)33/h2,4-9,14,32-33H,3,10-13H2,1H3,(H2,25,26,27,28,35). The molecule has 2 aromatic heterocycles. The van der Waals surface area contributed by atoms with Crippen molar-refractivity contribution in [3.05, 3.63) is 69.5 Å². The number of H-pyrrole nitrogens is 1. The lowest BCUT2D eigenvalue weighted by molar-refractivity contribution is 0.360. The third kappa shape index (κ3) is 4.41. The van der Waals surface area contributed by atoms with E-state index in [2.05, 4.69) is 37.1 Å². The van der Waals surface area contributed by atoms with Crippen LogP contribution in [0, 0.1) is 0 Å². The number of nitrogens with one attached hydrogen (secondary N) is 2. The highest BCUT2D eigenvalue weighted by atomic mass is 16.3. The third-order valence-corrected chi connectivity index (χ3v) is 6.08. The maximum absolute atomic E-state index is 13.0. The Morgan fingerprint density at radius 1 is 0.971 bits per heavy atom. The number of benzene rings is 2. The Bertz CT molecular complexity index is 1480. The van der Waals surface area contributed by atoms with E-state index in [1.165, 1.54) is 24.4 Å². The van der Waals surface area contributed by atoms with Gasteiger partial charge in [-0.15, -0.1) is 0 Å². The van der Waals surface area contributed by atoms with Crippen LogP contribution in [0.15, 0.2) is 58.3 Å². The van der Waals surface area contributed by atoms with Crippen LogP contribution in [-0.4, -0.2) is 67.9 Å². The predicted molar refractivity (Wildman–Crippen MR) is 133 cm³/mol. The van der Waals surface area contributed by atoms with Gasteiger partial charge in [-0.3, -0.25) is 9.78 Å². The minimum atomic E-state index is -0.851. The number of aromatic amines is 1. The Morgan fingerprint density at radius 2 is 1.71 bits per heavy atom. The molecule has 4 aromatic rings. The number of anilines is 3. The summed E-state index contributed by atoms with van der Waals surface area (Å²) in [7, 11) is 2.14. The molecular formula is C24H25N7O4. The molecule has 180 valence electrons. The second-order valence-electron chi connectivity index (χ2n) is 8.49. The Labute approximate surface area is 199 Å². The van der Waals surface area contributed by atoms with Crippen LogP contribution in [0.2, 0.25) is 0 Å². The maximum atomic E-state index is 13.0. The third-order valence-electron chi connectivity index (χ3n) is 6.08. The highest BCUT2D eigenvalue weighted by Crippen LogP contribution is 2.28. The molecule has 0 aliphatic carbocycles. The summed E-state index contributed by atoms with van der Waals surface area (Å²) in [6, 6.07) is 11.9. The van der Waals surface area contributed by atoms with Crippen LogP contribution in [0.3, 0.4) is 0 Å². The second kappa shape index (κ2) is 9.11. The van der Waals surface area contributed by atoms with Crippen molar-refractivity contribution in [3.63, 3.8) is 0 Å². The van der Waals surface area contributed by atoms with Crippen LogP contribution in [0.1, 0.15) is 6.42 Å². The first-order chi connectivity index (χ1) is 16.9. The molecule has 1 fully saturated rings. The van der Waals surface area contributed by atoms with Gasteiger partial charge in [0.15, 0.2) is 5.65 Å². The number of rotatable bonds is 4. The van der Waals surface area contributed by atoms with Gasteiger partial charge in [-0.05, 0) is 56.4 Å². The molecule has 1 saturated heterocycles. The van der Waals surface area contributed by atoms with E-state index >= 15 is 0 Å². The molecular weight excluding hydrogens is 450 g/mol. The molecule has 0 unspecified atom stereocenters. The van der Waals surface area contributed by atoms with E-state index in [0.717, 1.165) is 44.0 Å². The minimum absolute atomic E-state index is 0.0271. The van der Waals surface area contributed by atoms with Gasteiger partial charge in [0.2, 0.25) is 5.95 Å². The van der Waals surface area contributed by atoms with E-state index in [0.29, 0.717) is 4.57 Å². The van der Waals surface area contributed by atoms with E-state index in [-0.39, 0.29) is 22.7 Å². The number of likely N-dealkylation sites (N-methyl/N-ethyl adjacent to an activating group) is 1. The van der Waals surface area contributed by atoms with Gasteiger partial charge in [-0.25, -0.2) is 14.3 Å². The molecule has 1 aliphatic heterocycles. The number of fused-ring (bicyclic) bond motifs is 1. The van der Waals surface area contributed by atoms with E-state index in [1.54, 1.807) is 0 Å². The van der Waals surface area contributed by atoms with Gasteiger partial charge in [0, 0.05) is 37.2 Å².